The summed E-state index contributed by atoms with van der Waals surface area (Å²) in [5.41, 5.74) is 6.94. The first kappa shape index (κ1) is 10.3. The molecule has 0 saturated heterocycles. The molecule has 0 bridgehead atoms. The summed E-state index contributed by atoms with van der Waals surface area (Å²) in [6, 6.07) is 3.70. The number of nitrogens with two attached hydrogens (primary N) is 1. The Balaban J connectivity index is 2.32. The predicted octanol–water partition coefficient (Wildman–Crippen LogP) is 2.02. The highest BCUT2D eigenvalue weighted by atomic mass is 16.1. The van der Waals surface area contributed by atoms with Crippen molar-refractivity contribution in [1.82, 2.24) is 4.57 Å². The van der Waals surface area contributed by atoms with Crippen LogP contribution in [0.5, 0.6) is 0 Å². The highest BCUT2D eigenvalue weighted by Gasteiger charge is 2.16. The van der Waals surface area contributed by atoms with E-state index in [-0.39, 0.29) is 5.56 Å². The fraction of sp³-hybridized carbons (Fsp3) is 0.583. The highest BCUT2D eigenvalue weighted by Crippen LogP contribution is 2.32. The van der Waals surface area contributed by atoms with Crippen LogP contribution in [0.1, 0.15) is 43.6 Å². The zero-order valence-electron chi connectivity index (χ0n) is 9.20. The number of nitrogens with zero attached hydrogens (tertiary/aromatic N) is 1. The minimum atomic E-state index is 0.00979. The van der Waals surface area contributed by atoms with Gasteiger partial charge in [-0.2, -0.15) is 0 Å². The molecule has 3 heteroatoms. The Bertz CT molecular complexity index is 403. The van der Waals surface area contributed by atoms with Crippen molar-refractivity contribution < 1.29 is 0 Å². The lowest BCUT2D eigenvalue weighted by Crippen LogP contribution is -2.20. The second kappa shape index (κ2) is 4.09. The van der Waals surface area contributed by atoms with E-state index >= 15 is 0 Å². The molecule has 0 aromatic carbocycles. The molecule has 0 atom stereocenters. The van der Waals surface area contributed by atoms with Gasteiger partial charge in [-0.1, -0.05) is 19.3 Å². The van der Waals surface area contributed by atoms with Crippen molar-refractivity contribution in [3.8, 4) is 0 Å². The van der Waals surface area contributed by atoms with Gasteiger partial charge < -0.3 is 5.73 Å². The molecule has 82 valence electrons. The van der Waals surface area contributed by atoms with Crippen molar-refractivity contribution in [2.75, 3.05) is 5.73 Å². The topological polar surface area (TPSA) is 48.0 Å². The highest BCUT2D eigenvalue weighted by molar-refractivity contribution is 5.35. The molecule has 1 aromatic rings. The van der Waals surface area contributed by atoms with Gasteiger partial charge in [0.25, 0.3) is 5.56 Å². The first-order valence-electron chi connectivity index (χ1n) is 5.65. The van der Waals surface area contributed by atoms with Crippen LogP contribution in [-0.2, 0) is 7.05 Å². The summed E-state index contributed by atoms with van der Waals surface area (Å²) in [6.45, 7) is 0. The molecule has 1 heterocycles. The van der Waals surface area contributed by atoms with E-state index in [1.807, 2.05) is 6.07 Å². The molecule has 0 aliphatic heterocycles. The number of aromatic nitrogens is 1. The third-order valence-electron chi connectivity index (χ3n) is 3.40. The number of pyridine rings is 1. The van der Waals surface area contributed by atoms with Crippen LogP contribution in [-0.4, -0.2) is 4.57 Å². The lowest BCUT2D eigenvalue weighted by Gasteiger charge is -2.22. The van der Waals surface area contributed by atoms with Crippen LogP contribution in [0, 0.1) is 0 Å². The quantitative estimate of drug-likeness (QED) is 0.764. The Morgan fingerprint density at radius 2 is 1.93 bits per heavy atom. The van der Waals surface area contributed by atoms with E-state index in [9.17, 15) is 4.79 Å². The maximum Gasteiger partial charge on any atom is 0.252 e. The van der Waals surface area contributed by atoms with Crippen LogP contribution in [0.15, 0.2) is 16.9 Å². The second-order valence-electron chi connectivity index (χ2n) is 4.45. The number of hydrogen-bond donors (Lipinski definition) is 1. The van der Waals surface area contributed by atoms with Crippen LogP contribution in [0.4, 0.5) is 5.82 Å². The summed E-state index contributed by atoms with van der Waals surface area (Å²) in [7, 11) is 1.71. The van der Waals surface area contributed by atoms with Crippen LogP contribution >= 0.6 is 0 Å². The van der Waals surface area contributed by atoms with Crippen LogP contribution in [0.25, 0.3) is 0 Å². The van der Waals surface area contributed by atoms with Crippen molar-refractivity contribution in [3.05, 3.63) is 28.0 Å². The summed E-state index contributed by atoms with van der Waals surface area (Å²) < 4.78 is 1.49. The van der Waals surface area contributed by atoms with Crippen molar-refractivity contribution in [2.24, 2.45) is 7.05 Å². The molecule has 0 spiro atoms. The molecule has 1 fully saturated rings. The normalized spacial score (nSPS) is 17.9. The molecular weight excluding hydrogens is 188 g/mol. The fourth-order valence-corrected chi connectivity index (χ4v) is 2.35. The van der Waals surface area contributed by atoms with Crippen molar-refractivity contribution in [3.63, 3.8) is 0 Å². The minimum Gasteiger partial charge on any atom is -0.385 e. The fourth-order valence-electron chi connectivity index (χ4n) is 2.35. The van der Waals surface area contributed by atoms with Crippen molar-refractivity contribution in [1.29, 1.82) is 0 Å². The molecule has 0 amide bonds. The van der Waals surface area contributed by atoms with Gasteiger partial charge in [-0.05, 0) is 30.4 Å². The largest absolute Gasteiger partial charge is 0.385 e. The molecule has 1 aromatic heterocycles. The Kier molecular flexibility index (Phi) is 2.80. The Labute approximate surface area is 89.9 Å². The summed E-state index contributed by atoms with van der Waals surface area (Å²) in [5, 5.41) is 0. The van der Waals surface area contributed by atoms with Crippen molar-refractivity contribution >= 4 is 5.82 Å². The van der Waals surface area contributed by atoms with Gasteiger partial charge in [-0.15, -0.1) is 0 Å². The molecule has 0 unspecified atom stereocenters. The standard InChI is InChI=1S/C12H18N2O/c1-14-11(13)7-10(8-12(14)15)9-5-3-2-4-6-9/h7-9H,2-6,13H2,1H3. The molecule has 1 aliphatic carbocycles. The molecule has 3 nitrogen and oxygen atoms in total. The average Bonchev–Trinajstić information content (AvgIpc) is 2.26. The Morgan fingerprint density at radius 3 is 2.53 bits per heavy atom. The lowest BCUT2D eigenvalue weighted by atomic mass is 9.84. The smallest absolute Gasteiger partial charge is 0.252 e. The van der Waals surface area contributed by atoms with Gasteiger partial charge in [-0.25, -0.2) is 0 Å². The Morgan fingerprint density at radius 1 is 1.27 bits per heavy atom. The van der Waals surface area contributed by atoms with E-state index in [1.165, 1.54) is 36.7 Å². The van der Waals surface area contributed by atoms with Gasteiger partial charge >= 0.3 is 0 Å². The van der Waals surface area contributed by atoms with Gasteiger partial charge in [0, 0.05) is 13.1 Å². The second-order valence-corrected chi connectivity index (χ2v) is 4.45. The summed E-state index contributed by atoms with van der Waals surface area (Å²) in [5.74, 6) is 1.12. The van der Waals surface area contributed by atoms with E-state index in [0.29, 0.717) is 11.7 Å². The zero-order valence-corrected chi connectivity index (χ0v) is 9.20. The van der Waals surface area contributed by atoms with E-state index in [1.54, 1.807) is 13.1 Å². The number of anilines is 1. The lowest BCUT2D eigenvalue weighted by molar-refractivity contribution is 0.443. The predicted molar refractivity (Wildman–Crippen MR) is 61.9 cm³/mol. The van der Waals surface area contributed by atoms with Gasteiger partial charge in [0.05, 0.1) is 0 Å². The summed E-state index contributed by atoms with van der Waals surface area (Å²) in [4.78, 5) is 11.6. The molecule has 2 N–H and O–H groups in total. The molecule has 1 saturated carbocycles. The first-order chi connectivity index (χ1) is 7.18. The minimum absolute atomic E-state index is 0.00979. The maximum absolute atomic E-state index is 11.6. The van der Waals surface area contributed by atoms with E-state index in [0.717, 1.165) is 5.56 Å². The van der Waals surface area contributed by atoms with Crippen molar-refractivity contribution in [2.45, 2.75) is 38.0 Å². The third kappa shape index (κ3) is 2.06. The van der Waals surface area contributed by atoms with E-state index in [4.69, 9.17) is 5.73 Å². The third-order valence-corrected chi connectivity index (χ3v) is 3.40. The Hall–Kier alpha value is -1.25. The number of rotatable bonds is 1. The average molecular weight is 206 g/mol. The van der Waals surface area contributed by atoms with E-state index in [2.05, 4.69) is 0 Å². The van der Waals surface area contributed by atoms with Gasteiger partial charge in [0.1, 0.15) is 5.82 Å². The number of nitrogen functional groups attached to an aromatic ring is 1. The van der Waals surface area contributed by atoms with E-state index < -0.39 is 0 Å². The summed E-state index contributed by atoms with van der Waals surface area (Å²) >= 11 is 0. The molecule has 0 radical (unpaired) electrons. The van der Waals surface area contributed by atoms with Crippen LogP contribution in [0.3, 0.4) is 0 Å². The molecular formula is C12H18N2O. The monoisotopic (exact) mass is 206 g/mol. The SMILES string of the molecule is Cn1c(N)cc(C2CCCCC2)cc1=O. The van der Waals surface area contributed by atoms with Crippen LogP contribution < -0.4 is 11.3 Å². The first-order valence-corrected chi connectivity index (χ1v) is 5.65. The van der Waals surface area contributed by atoms with Gasteiger partial charge in [0.15, 0.2) is 0 Å². The molecule has 1 aliphatic rings. The maximum atomic E-state index is 11.6. The molecule has 2 rings (SSSR count). The number of hydrogen-bond acceptors (Lipinski definition) is 2. The zero-order chi connectivity index (χ0) is 10.8. The molecule has 15 heavy (non-hydrogen) atoms. The van der Waals surface area contributed by atoms with Crippen LogP contribution in [0.2, 0.25) is 0 Å². The summed E-state index contributed by atoms with van der Waals surface area (Å²) in [6.07, 6.45) is 6.29. The van der Waals surface area contributed by atoms with Gasteiger partial charge in [-0.3, -0.25) is 9.36 Å². The van der Waals surface area contributed by atoms with Gasteiger partial charge in [0.2, 0.25) is 0 Å².